The Labute approximate surface area is 136 Å². The fourth-order valence-corrected chi connectivity index (χ4v) is 2.64. The monoisotopic (exact) mass is 336 g/mol. The Morgan fingerprint density at radius 3 is 2.75 bits per heavy atom. The van der Waals surface area contributed by atoms with Crippen LogP contribution in [0.15, 0.2) is 36.7 Å². The zero-order valence-corrected chi connectivity index (χ0v) is 12.9. The SMILES string of the molecule is C[C@H]1CN(Cc2cncc(-c3ccc(F)c(C(F)F)c3)c2)C(=O)O1. The number of pyridine rings is 1. The van der Waals surface area contributed by atoms with Gasteiger partial charge in [0.05, 0.1) is 18.7 Å². The number of carbonyl (C=O) groups is 1. The molecule has 4 nitrogen and oxygen atoms in total. The fourth-order valence-electron chi connectivity index (χ4n) is 2.64. The smallest absolute Gasteiger partial charge is 0.410 e. The molecule has 0 aliphatic carbocycles. The van der Waals surface area contributed by atoms with Gasteiger partial charge in [0.1, 0.15) is 11.9 Å². The van der Waals surface area contributed by atoms with Crippen LogP contribution in [0.3, 0.4) is 0 Å². The molecule has 2 heterocycles. The number of alkyl halides is 2. The molecule has 3 rings (SSSR count). The van der Waals surface area contributed by atoms with Crippen LogP contribution in [0.4, 0.5) is 18.0 Å². The molecule has 0 radical (unpaired) electrons. The Morgan fingerprint density at radius 1 is 1.29 bits per heavy atom. The number of hydrogen-bond acceptors (Lipinski definition) is 3. The number of rotatable bonds is 4. The number of hydrogen-bond donors (Lipinski definition) is 0. The normalized spacial score (nSPS) is 17.5. The van der Waals surface area contributed by atoms with Gasteiger partial charge in [-0.1, -0.05) is 6.07 Å². The van der Waals surface area contributed by atoms with E-state index >= 15 is 0 Å². The van der Waals surface area contributed by atoms with Gasteiger partial charge in [0.2, 0.25) is 0 Å². The molecule has 24 heavy (non-hydrogen) atoms. The third-order valence-corrected chi connectivity index (χ3v) is 3.77. The molecule has 1 aromatic carbocycles. The van der Waals surface area contributed by atoms with Crippen LogP contribution in [0.5, 0.6) is 0 Å². The van der Waals surface area contributed by atoms with Crippen molar-refractivity contribution >= 4 is 6.09 Å². The first kappa shape index (κ1) is 16.3. The second kappa shape index (κ2) is 6.51. The van der Waals surface area contributed by atoms with Crippen LogP contribution in [0.2, 0.25) is 0 Å². The Kier molecular flexibility index (Phi) is 4.42. The summed E-state index contributed by atoms with van der Waals surface area (Å²) in [7, 11) is 0. The average Bonchev–Trinajstić information content (AvgIpc) is 2.85. The predicted octanol–water partition coefficient (Wildman–Crippen LogP) is 4.17. The van der Waals surface area contributed by atoms with Crippen LogP contribution in [0.25, 0.3) is 11.1 Å². The second-order valence-corrected chi connectivity index (χ2v) is 5.69. The van der Waals surface area contributed by atoms with E-state index in [-0.39, 0.29) is 6.10 Å². The molecule has 1 aliphatic heterocycles. The molecule has 1 aromatic heterocycles. The number of ether oxygens (including phenoxy) is 1. The average molecular weight is 336 g/mol. The van der Waals surface area contributed by atoms with Gasteiger partial charge in [-0.05, 0) is 36.2 Å². The molecule has 0 N–H and O–H groups in total. The molecule has 2 aromatic rings. The molecule has 7 heteroatoms. The molecule has 1 aliphatic rings. The lowest BCUT2D eigenvalue weighted by atomic mass is 10.0. The first-order valence-corrected chi connectivity index (χ1v) is 7.41. The topological polar surface area (TPSA) is 42.4 Å². The summed E-state index contributed by atoms with van der Waals surface area (Å²) in [5, 5.41) is 0. The lowest BCUT2D eigenvalue weighted by molar-refractivity contribution is 0.137. The fraction of sp³-hybridized carbons (Fsp3) is 0.294. The summed E-state index contributed by atoms with van der Waals surface area (Å²) in [6, 6.07) is 5.30. The lowest BCUT2D eigenvalue weighted by Crippen LogP contribution is -2.24. The lowest BCUT2D eigenvalue weighted by Gasteiger charge is -2.13. The first-order chi connectivity index (χ1) is 11.4. The highest BCUT2D eigenvalue weighted by Gasteiger charge is 2.28. The van der Waals surface area contributed by atoms with Gasteiger partial charge in [-0.25, -0.2) is 18.0 Å². The maximum atomic E-state index is 13.4. The Bertz CT molecular complexity index is 767. The van der Waals surface area contributed by atoms with Gasteiger partial charge in [-0.15, -0.1) is 0 Å². The summed E-state index contributed by atoms with van der Waals surface area (Å²) >= 11 is 0. The van der Waals surface area contributed by atoms with Crippen LogP contribution in [-0.2, 0) is 11.3 Å². The standard InChI is InChI=1S/C17H15F3N2O2/c1-10-8-22(17(23)24-10)9-11-4-13(7-21-6-11)12-2-3-15(18)14(5-12)16(19)20/h2-7,10,16H,8-9H2,1H3/t10-/m0/s1. The van der Waals surface area contributed by atoms with E-state index in [1.54, 1.807) is 24.1 Å². The highest BCUT2D eigenvalue weighted by Crippen LogP contribution is 2.28. The van der Waals surface area contributed by atoms with Gasteiger partial charge >= 0.3 is 6.09 Å². The van der Waals surface area contributed by atoms with Crippen molar-refractivity contribution in [3.8, 4) is 11.1 Å². The summed E-state index contributed by atoms with van der Waals surface area (Å²) in [6.45, 7) is 2.60. The predicted molar refractivity (Wildman–Crippen MR) is 80.9 cm³/mol. The Morgan fingerprint density at radius 2 is 2.08 bits per heavy atom. The van der Waals surface area contributed by atoms with Crippen LogP contribution < -0.4 is 0 Å². The quantitative estimate of drug-likeness (QED) is 0.842. The molecule has 1 saturated heterocycles. The van der Waals surface area contributed by atoms with E-state index in [0.717, 1.165) is 17.7 Å². The van der Waals surface area contributed by atoms with E-state index in [2.05, 4.69) is 4.98 Å². The van der Waals surface area contributed by atoms with Crippen LogP contribution >= 0.6 is 0 Å². The number of cyclic esters (lactones) is 1. The maximum absolute atomic E-state index is 13.4. The van der Waals surface area contributed by atoms with Crippen molar-refractivity contribution < 1.29 is 22.7 Å². The van der Waals surface area contributed by atoms with Crippen molar-refractivity contribution in [1.82, 2.24) is 9.88 Å². The third-order valence-electron chi connectivity index (χ3n) is 3.77. The minimum Gasteiger partial charge on any atom is -0.444 e. The van der Waals surface area contributed by atoms with E-state index in [9.17, 15) is 18.0 Å². The van der Waals surface area contributed by atoms with Gasteiger partial charge in [-0.2, -0.15) is 0 Å². The minimum atomic E-state index is -2.89. The summed E-state index contributed by atoms with van der Waals surface area (Å²) in [4.78, 5) is 17.3. The highest BCUT2D eigenvalue weighted by atomic mass is 19.3. The molecule has 0 saturated carbocycles. The van der Waals surface area contributed by atoms with Crippen molar-refractivity contribution in [3.63, 3.8) is 0 Å². The first-order valence-electron chi connectivity index (χ1n) is 7.41. The number of nitrogens with zero attached hydrogens (tertiary/aromatic N) is 2. The van der Waals surface area contributed by atoms with Gasteiger partial charge in [0, 0.05) is 18.0 Å². The van der Waals surface area contributed by atoms with Crippen molar-refractivity contribution in [1.29, 1.82) is 0 Å². The van der Waals surface area contributed by atoms with Crippen molar-refractivity contribution in [2.75, 3.05) is 6.54 Å². The van der Waals surface area contributed by atoms with Crippen LogP contribution in [0, 0.1) is 5.82 Å². The zero-order valence-electron chi connectivity index (χ0n) is 12.9. The molecular weight excluding hydrogens is 321 g/mol. The van der Waals surface area contributed by atoms with Gasteiger partial charge in [-0.3, -0.25) is 4.98 Å². The second-order valence-electron chi connectivity index (χ2n) is 5.69. The maximum Gasteiger partial charge on any atom is 0.410 e. The van der Waals surface area contributed by atoms with Crippen LogP contribution in [-0.4, -0.2) is 28.6 Å². The van der Waals surface area contributed by atoms with Gasteiger partial charge < -0.3 is 9.64 Å². The zero-order chi connectivity index (χ0) is 17.3. The number of carbonyl (C=O) groups excluding carboxylic acids is 1. The van der Waals surface area contributed by atoms with E-state index in [0.29, 0.717) is 24.2 Å². The van der Waals surface area contributed by atoms with E-state index < -0.39 is 23.9 Å². The summed E-state index contributed by atoms with van der Waals surface area (Å²) in [5.74, 6) is -0.938. The molecule has 1 amide bonds. The molecule has 1 fully saturated rings. The van der Waals surface area contributed by atoms with E-state index in [1.165, 1.54) is 12.3 Å². The van der Waals surface area contributed by atoms with Gasteiger partial charge in [0.15, 0.2) is 0 Å². The van der Waals surface area contributed by atoms with Crippen molar-refractivity contribution in [3.05, 3.63) is 53.6 Å². The van der Waals surface area contributed by atoms with E-state index in [4.69, 9.17) is 4.74 Å². The summed E-state index contributed by atoms with van der Waals surface area (Å²) in [6.07, 6.45) is -0.343. The summed E-state index contributed by atoms with van der Waals surface area (Å²) in [5.41, 5.74) is 1.12. The Balaban J connectivity index is 1.85. The molecule has 0 unspecified atom stereocenters. The minimum absolute atomic E-state index is 0.167. The number of aromatic nitrogens is 1. The number of amides is 1. The summed E-state index contributed by atoms with van der Waals surface area (Å²) < 4.78 is 44.1. The number of halogens is 3. The molecular formula is C17H15F3N2O2. The van der Waals surface area contributed by atoms with Gasteiger partial charge in [0.25, 0.3) is 6.43 Å². The van der Waals surface area contributed by atoms with Crippen LogP contribution in [0.1, 0.15) is 24.5 Å². The van der Waals surface area contributed by atoms with Crippen molar-refractivity contribution in [2.24, 2.45) is 0 Å². The molecule has 1 atom stereocenters. The largest absolute Gasteiger partial charge is 0.444 e. The molecule has 0 bridgehead atoms. The Hall–Kier alpha value is -2.57. The molecule has 126 valence electrons. The highest BCUT2D eigenvalue weighted by molar-refractivity contribution is 5.70. The molecule has 0 spiro atoms. The van der Waals surface area contributed by atoms with Crippen molar-refractivity contribution in [2.45, 2.75) is 26.0 Å². The third kappa shape index (κ3) is 3.34. The number of benzene rings is 1. The van der Waals surface area contributed by atoms with E-state index in [1.807, 2.05) is 0 Å².